The highest BCUT2D eigenvalue weighted by atomic mass is 32.1. The topological polar surface area (TPSA) is 84.0 Å². The summed E-state index contributed by atoms with van der Waals surface area (Å²) < 4.78 is 5.67. The molecule has 1 aromatic carbocycles. The van der Waals surface area contributed by atoms with Gasteiger partial charge in [0.1, 0.15) is 5.75 Å². The third kappa shape index (κ3) is 3.18. The van der Waals surface area contributed by atoms with Crippen LogP contribution in [0.15, 0.2) is 54.2 Å². The van der Waals surface area contributed by atoms with E-state index in [0.29, 0.717) is 16.6 Å². The molecule has 0 bridgehead atoms. The number of fused-ring (bicyclic) bond motifs is 1. The van der Waals surface area contributed by atoms with E-state index in [1.807, 2.05) is 41.8 Å². The number of rotatable bonds is 4. The number of carbonyl (C=O) groups excluding carboxylic acids is 1. The number of H-pyrrole nitrogens is 1. The first-order valence-electron chi connectivity index (χ1n) is 10.3. The van der Waals surface area contributed by atoms with Crippen molar-refractivity contribution in [3.63, 3.8) is 0 Å². The molecule has 32 heavy (non-hydrogen) atoms. The van der Waals surface area contributed by atoms with Gasteiger partial charge in [0.2, 0.25) is 0 Å². The highest BCUT2D eigenvalue weighted by Crippen LogP contribution is 2.48. The normalized spacial score (nSPS) is 15.8. The number of hydrogen-bond acceptors (Lipinski definition) is 6. The zero-order valence-electron chi connectivity index (χ0n) is 18.3. The largest absolute Gasteiger partial charge is 0.496 e. The van der Waals surface area contributed by atoms with E-state index in [1.54, 1.807) is 24.4 Å². The Balaban J connectivity index is 1.69. The third-order valence-corrected chi connectivity index (χ3v) is 6.44. The van der Waals surface area contributed by atoms with Gasteiger partial charge in [-0.05, 0) is 18.2 Å². The minimum absolute atomic E-state index is 0.172. The molecule has 1 N–H and O–H groups in total. The van der Waals surface area contributed by atoms with E-state index in [-0.39, 0.29) is 11.3 Å². The second kappa shape index (κ2) is 7.56. The van der Waals surface area contributed by atoms with Crippen molar-refractivity contribution in [3.05, 3.63) is 76.7 Å². The maximum atomic E-state index is 13.6. The lowest BCUT2D eigenvalue weighted by molar-refractivity contribution is 0.0988. The number of anilines is 1. The number of nitrogens with one attached hydrogen (secondary N) is 1. The maximum absolute atomic E-state index is 13.6. The van der Waals surface area contributed by atoms with Gasteiger partial charge in [-0.1, -0.05) is 39.0 Å². The predicted octanol–water partition coefficient (Wildman–Crippen LogP) is 4.98. The number of pyridine rings is 1. The highest BCUT2D eigenvalue weighted by Gasteiger charge is 2.46. The first-order valence-corrected chi connectivity index (χ1v) is 11.2. The molecule has 0 saturated heterocycles. The van der Waals surface area contributed by atoms with Crippen LogP contribution in [0.1, 0.15) is 54.1 Å². The van der Waals surface area contributed by atoms with E-state index in [0.717, 1.165) is 28.1 Å². The van der Waals surface area contributed by atoms with E-state index < -0.39 is 6.04 Å². The molecule has 0 aliphatic carbocycles. The van der Waals surface area contributed by atoms with Crippen molar-refractivity contribution < 1.29 is 9.53 Å². The lowest BCUT2D eigenvalue weighted by Gasteiger charge is -2.27. The standard InChI is InChI=1S/C24H23N5O2S/c1-24(2,3)21-18-19(27-28-21)22(30)29(20(18)15-9-5-6-10-17(15)31-4)23-26-16(13-32-23)14-8-7-11-25-12-14/h5-13,20H,1-4H3,(H,27,28). The monoisotopic (exact) mass is 445 g/mol. The second-order valence-electron chi connectivity index (χ2n) is 8.69. The third-order valence-electron chi connectivity index (χ3n) is 5.60. The Labute approximate surface area is 190 Å². The Hall–Kier alpha value is -3.52. The summed E-state index contributed by atoms with van der Waals surface area (Å²) in [7, 11) is 1.64. The van der Waals surface area contributed by atoms with Gasteiger partial charge in [0, 0.05) is 45.6 Å². The summed E-state index contributed by atoms with van der Waals surface area (Å²) in [5.41, 5.74) is 4.61. The van der Waals surface area contributed by atoms with Crippen molar-refractivity contribution in [2.75, 3.05) is 12.0 Å². The van der Waals surface area contributed by atoms with Crippen molar-refractivity contribution in [3.8, 4) is 17.0 Å². The number of nitrogens with zero attached hydrogens (tertiary/aromatic N) is 4. The van der Waals surface area contributed by atoms with Crippen LogP contribution in [0.5, 0.6) is 5.75 Å². The summed E-state index contributed by atoms with van der Waals surface area (Å²) in [6, 6.07) is 11.2. The number of aromatic amines is 1. The van der Waals surface area contributed by atoms with Crippen molar-refractivity contribution in [2.24, 2.45) is 0 Å². The molecule has 4 heterocycles. The van der Waals surface area contributed by atoms with E-state index in [4.69, 9.17) is 9.72 Å². The maximum Gasteiger partial charge on any atom is 0.281 e. The fourth-order valence-corrected chi connectivity index (χ4v) is 4.98. The SMILES string of the molecule is COc1ccccc1C1c2c(n[nH]c2C(C)(C)C)C(=O)N1c1nc(-c2cccnc2)cs1. The van der Waals surface area contributed by atoms with Crippen LogP contribution >= 0.6 is 11.3 Å². The Morgan fingerprint density at radius 3 is 2.69 bits per heavy atom. The molecule has 5 rings (SSSR count). The summed E-state index contributed by atoms with van der Waals surface area (Å²) in [6.45, 7) is 6.32. The van der Waals surface area contributed by atoms with Gasteiger partial charge in [0.25, 0.3) is 5.91 Å². The van der Waals surface area contributed by atoms with Gasteiger partial charge in [-0.2, -0.15) is 5.10 Å². The molecule has 0 fully saturated rings. The number of methoxy groups -OCH3 is 1. The van der Waals surface area contributed by atoms with Crippen LogP contribution in [0.2, 0.25) is 0 Å². The molecule has 1 aliphatic heterocycles. The highest BCUT2D eigenvalue weighted by molar-refractivity contribution is 7.14. The summed E-state index contributed by atoms with van der Waals surface area (Å²) >= 11 is 1.43. The van der Waals surface area contributed by atoms with Gasteiger partial charge < -0.3 is 4.74 Å². The molecule has 1 atom stereocenters. The van der Waals surface area contributed by atoms with Crippen molar-refractivity contribution in [1.82, 2.24) is 20.2 Å². The van der Waals surface area contributed by atoms with Gasteiger partial charge >= 0.3 is 0 Å². The van der Waals surface area contributed by atoms with Gasteiger partial charge in [-0.25, -0.2) is 4.98 Å². The van der Waals surface area contributed by atoms with E-state index in [9.17, 15) is 4.79 Å². The lowest BCUT2D eigenvalue weighted by atomic mass is 9.85. The minimum atomic E-state index is -0.394. The summed E-state index contributed by atoms with van der Waals surface area (Å²) in [4.78, 5) is 24.4. The number of benzene rings is 1. The van der Waals surface area contributed by atoms with Crippen LogP contribution in [-0.4, -0.2) is 33.2 Å². The smallest absolute Gasteiger partial charge is 0.281 e. The Morgan fingerprint density at radius 1 is 1.16 bits per heavy atom. The Bertz CT molecular complexity index is 1290. The predicted molar refractivity (Wildman–Crippen MR) is 124 cm³/mol. The van der Waals surface area contributed by atoms with Crippen molar-refractivity contribution in [1.29, 1.82) is 0 Å². The Kier molecular flexibility index (Phi) is 4.82. The molecular weight excluding hydrogens is 422 g/mol. The number of hydrogen-bond donors (Lipinski definition) is 1. The number of thiazole rings is 1. The minimum Gasteiger partial charge on any atom is -0.496 e. The van der Waals surface area contributed by atoms with Crippen LogP contribution in [-0.2, 0) is 5.41 Å². The van der Waals surface area contributed by atoms with Gasteiger partial charge in [0.15, 0.2) is 10.8 Å². The molecule has 162 valence electrons. The molecule has 3 aromatic heterocycles. The first-order chi connectivity index (χ1) is 15.4. The van der Waals surface area contributed by atoms with Crippen LogP contribution in [0.25, 0.3) is 11.3 Å². The average molecular weight is 446 g/mol. The zero-order valence-corrected chi connectivity index (χ0v) is 19.1. The molecule has 4 aromatic rings. The number of para-hydroxylation sites is 1. The Morgan fingerprint density at radius 2 is 1.97 bits per heavy atom. The number of ether oxygens (including phenoxy) is 1. The molecule has 0 saturated carbocycles. The van der Waals surface area contributed by atoms with Gasteiger partial charge in [-0.15, -0.1) is 11.3 Å². The average Bonchev–Trinajstić information content (AvgIpc) is 3.50. The number of amides is 1. The quantitative estimate of drug-likeness (QED) is 0.479. The van der Waals surface area contributed by atoms with Crippen molar-refractivity contribution in [2.45, 2.75) is 32.2 Å². The fraction of sp³-hybridized carbons (Fsp3) is 0.250. The number of aromatic nitrogens is 4. The molecule has 1 unspecified atom stereocenters. The summed E-state index contributed by atoms with van der Waals surface area (Å²) in [5, 5.41) is 10.1. The summed E-state index contributed by atoms with van der Waals surface area (Å²) in [6.07, 6.45) is 3.50. The molecular formula is C24H23N5O2S. The molecule has 0 radical (unpaired) electrons. The van der Waals surface area contributed by atoms with Crippen LogP contribution in [0.4, 0.5) is 5.13 Å². The van der Waals surface area contributed by atoms with E-state index in [1.165, 1.54) is 11.3 Å². The molecule has 1 aliphatic rings. The molecule has 1 amide bonds. The molecule has 8 heteroatoms. The lowest BCUT2D eigenvalue weighted by Crippen LogP contribution is -2.30. The molecule has 7 nitrogen and oxygen atoms in total. The second-order valence-corrected chi connectivity index (χ2v) is 9.52. The first kappa shape index (κ1) is 20.4. The fourth-order valence-electron chi connectivity index (χ4n) is 4.12. The summed E-state index contributed by atoms with van der Waals surface area (Å²) in [5.74, 6) is 0.544. The van der Waals surface area contributed by atoms with Crippen LogP contribution in [0.3, 0.4) is 0 Å². The van der Waals surface area contributed by atoms with E-state index in [2.05, 4.69) is 36.0 Å². The van der Waals surface area contributed by atoms with E-state index >= 15 is 0 Å². The van der Waals surface area contributed by atoms with Gasteiger partial charge in [-0.3, -0.25) is 19.8 Å². The van der Waals surface area contributed by atoms with Crippen molar-refractivity contribution >= 4 is 22.4 Å². The molecule has 0 spiro atoms. The number of carbonyl (C=O) groups is 1. The zero-order chi connectivity index (χ0) is 22.5. The van der Waals surface area contributed by atoms with Crippen LogP contribution in [0, 0.1) is 0 Å². The van der Waals surface area contributed by atoms with Crippen LogP contribution < -0.4 is 9.64 Å². The van der Waals surface area contributed by atoms with Gasteiger partial charge in [0.05, 0.1) is 18.8 Å².